The summed E-state index contributed by atoms with van der Waals surface area (Å²) in [5.74, 6) is 0.487. The molecule has 0 bridgehead atoms. The van der Waals surface area contributed by atoms with Crippen LogP contribution in [-0.2, 0) is 4.79 Å². The van der Waals surface area contributed by atoms with Crippen molar-refractivity contribution in [2.24, 2.45) is 0 Å². The SMILES string of the molecule is O=C(COc1ccc(Cl)cc1)NC1CCN(c2ccccc2C(=O)NC2CC2)CC1. The number of halogens is 1. The molecule has 7 heteroatoms. The summed E-state index contributed by atoms with van der Waals surface area (Å²) >= 11 is 5.85. The number of para-hydroxylation sites is 1. The average molecular weight is 428 g/mol. The number of rotatable bonds is 7. The molecule has 2 amide bonds. The van der Waals surface area contributed by atoms with Crippen LogP contribution in [-0.4, -0.2) is 43.6 Å². The largest absolute Gasteiger partial charge is 0.484 e. The highest BCUT2D eigenvalue weighted by atomic mass is 35.5. The van der Waals surface area contributed by atoms with Gasteiger partial charge in [-0.1, -0.05) is 23.7 Å². The molecule has 0 aromatic heterocycles. The fraction of sp³-hybridized carbons (Fsp3) is 0.391. The van der Waals surface area contributed by atoms with Crippen molar-refractivity contribution in [2.45, 2.75) is 37.8 Å². The Morgan fingerprint density at radius 2 is 1.60 bits per heavy atom. The van der Waals surface area contributed by atoms with Crippen molar-refractivity contribution >= 4 is 29.1 Å². The van der Waals surface area contributed by atoms with Gasteiger partial charge in [-0.25, -0.2) is 0 Å². The third kappa shape index (κ3) is 5.45. The summed E-state index contributed by atoms with van der Waals surface area (Å²) in [7, 11) is 0. The first-order chi connectivity index (χ1) is 14.6. The summed E-state index contributed by atoms with van der Waals surface area (Å²) in [5, 5.41) is 6.75. The molecule has 0 atom stereocenters. The molecule has 30 heavy (non-hydrogen) atoms. The number of hydrogen-bond acceptors (Lipinski definition) is 4. The van der Waals surface area contributed by atoms with E-state index in [1.54, 1.807) is 24.3 Å². The zero-order valence-corrected chi connectivity index (χ0v) is 17.5. The quantitative estimate of drug-likeness (QED) is 0.710. The van der Waals surface area contributed by atoms with Crippen molar-refractivity contribution in [3.8, 4) is 5.75 Å². The van der Waals surface area contributed by atoms with E-state index in [1.165, 1.54) is 0 Å². The van der Waals surface area contributed by atoms with Gasteiger partial charge in [-0.3, -0.25) is 9.59 Å². The maximum absolute atomic E-state index is 12.6. The predicted molar refractivity (Wildman–Crippen MR) is 117 cm³/mol. The summed E-state index contributed by atoms with van der Waals surface area (Å²) in [6, 6.07) is 15.1. The number of piperidine rings is 1. The van der Waals surface area contributed by atoms with E-state index < -0.39 is 0 Å². The van der Waals surface area contributed by atoms with Crippen LogP contribution in [0.25, 0.3) is 0 Å². The molecule has 0 unspecified atom stereocenters. The van der Waals surface area contributed by atoms with E-state index in [-0.39, 0.29) is 24.5 Å². The molecular formula is C23H26ClN3O3. The van der Waals surface area contributed by atoms with Crippen LogP contribution in [0.3, 0.4) is 0 Å². The highest BCUT2D eigenvalue weighted by Gasteiger charge is 2.27. The second kappa shape index (κ2) is 9.39. The predicted octanol–water partition coefficient (Wildman–Crippen LogP) is 3.40. The smallest absolute Gasteiger partial charge is 0.258 e. The van der Waals surface area contributed by atoms with Crippen LogP contribution >= 0.6 is 11.6 Å². The maximum Gasteiger partial charge on any atom is 0.258 e. The normalized spacial score (nSPS) is 16.8. The minimum absolute atomic E-state index is 0.00266. The summed E-state index contributed by atoms with van der Waals surface area (Å²) in [6.45, 7) is 1.55. The van der Waals surface area contributed by atoms with Crippen molar-refractivity contribution in [2.75, 3.05) is 24.6 Å². The van der Waals surface area contributed by atoms with Crippen molar-refractivity contribution in [1.82, 2.24) is 10.6 Å². The van der Waals surface area contributed by atoms with Gasteiger partial charge in [0.05, 0.1) is 5.56 Å². The molecule has 2 aliphatic rings. The van der Waals surface area contributed by atoms with Crippen LogP contribution in [0.1, 0.15) is 36.0 Å². The number of hydrogen-bond donors (Lipinski definition) is 2. The average Bonchev–Trinajstić information content (AvgIpc) is 3.58. The second-order valence-corrected chi connectivity index (χ2v) is 8.27. The third-order valence-corrected chi connectivity index (χ3v) is 5.70. The Morgan fingerprint density at radius 3 is 2.30 bits per heavy atom. The highest BCUT2D eigenvalue weighted by molar-refractivity contribution is 6.30. The zero-order valence-electron chi connectivity index (χ0n) is 16.8. The molecule has 2 aromatic carbocycles. The monoisotopic (exact) mass is 427 g/mol. The molecule has 1 heterocycles. The van der Waals surface area contributed by atoms with Crippen molar-refractivity contribution in [1.29, 1.82) is 0 Å². The number of carbonyl (C=O) groups excluding carboxylic acids is 2. The Bertz CT molecular complexity index is 891. The molecule has 158 valence electrons. The van der Waals surface area contributed by atoms with Crippen molar-refractivity contribution < 1.29 is 14.3 Å². The van der Waals surface area contributed by atoms with Crippen LogP contribution in [0.15, 0.2) is 48.5 Å². The van der Waals surface area contributed by atoms with Crippen LogP contribution in [0.4, 0.5) is 5.69 Å². The second-order valence-electron chi connectivity index (χ2n) is 7.84. The Morgan fingerprint density at radius 1 is 0.933 bits per heavy atom. The summed E-state index contributed by atoms with van der Waals surface area (Å²) in [4.78, 5) is 27.0. The summed E-state index contributed by atoms with van der Waals surface area (Å²) in [6.07, 6.45) is 3.79. The standard InChI is InChI=1S/C23H26ClN3O3/c24-16-5-9-19(10-6-16)30-15-22(28)25-18-11-13-27(14-12-18)21-4-2-1-3-20(21)23(29)26-17-7-8-17/h1-6,9-10,17-18H,7-8,11-15H2,(H,25,28)(H,26,29). The van der Waals surface area contributed by atoms with E-state index in [1.807, 2.05) is 24.3 Å². The van der Waals surface area contributed by atoms with Gasteiger partial charge in [-0.2, -0.15) is 0 Å². The first-order valence-electron chi connectivity index (χ1n) is 10.4. The van der Waals surface area contributed by atoms with E-state index in [9.17, 15) is 9.59 Å². The van der Waals surface area contributed by atoms with Gasteiger partial charge < -0.3 is 20.3 Å². The lowest BCUT2D eigenvalue weighted by Gasteiger charge is -2.34. The number of benzene rings is 2. The van der Waals surface area contributed by atoms with Gasteiger partial charge in [0, 0.05) is 35.9 Å². The van der Waals surface area contributed by atoms with E-state index in [2.05, 4.69) is 15.5 Å². The lowest BCUT2D eigenvalue weighted by molar-refractivity contribution is -0.123. The molecule has 1 aliphatic carbocycles. The molecule has 0 spiro atoms. The number of amides is 2. The van der Waals surface area contributed by atoms with Gasteiger partial charge in [0.15, 0.2) is 6.61 Å². The van der Waals surface area contributed by atoms with Gasteiger partial charge >= 0.3 is 0 Å². The number of anilines is 1. The van der Waals surface area contributed by atoms with Crippen molar-refractivity contribution in [3.05, 3.63) is 59.1 Å². The topological polar surface area (TPSA) is 70.7 Å². The molecule has 1 aliphatic heterocycles. The molecule has 0 radical (unpaired) electrons. The van der Waals surface area contributed by atoms with Gasteiger partial charge in [-0.15, -0.1) is 0 Å². The van der Waals surface area contributed by atoms with Crippen LogP contribution in [0, 0.1) is 0 Å². The number of nitrogens with zero attached hydrogens (tertiary/aromatic N) is 1. The molecule has 4 rings (SSSR count). The molecule has 1 saturated carbocycles. The van der Waals surface area contributed by atoms with Gasteiger partial charge in [0.2, 0.25) is 0 Å². The minimum atomic E-state index is -0.132. The van der Waals surface area contributed by atoms with Crippen LogP contribution in [0.2, 0.25) is 5.02 Å². The van der Waals surface area contributed by atoms with E-state index >= 15 is 0 Å². The van der Waals surface area contributed by atoms with Gasteiger partial charge in [0.25, 0.3) is 11.8 Å². The molecule has 6 nitrogen and oxygen atoms in total. The minimum Gasteiger partial charge on any atom is -0.484 e. The molecule has 2 N–H and O–H groups in total. The van der Waals surface area contributed by atoms with E-state index in [0.717, 1.165) is 50.0 Å². The maximum atomic E-state index is 12.6. The van der Waals surface area contributed by atoms with E-state index in [0.29, 0.717) is 16.8 Å². The summed E-state index contributed by atoms with van der Waals surface area (Å²) < 4.78 is 5.51. The summed E-state index contributed by atoms with van der Waals surface area (Å²) in [5.41, 5.74) is 1.69. The zero-order chi connectivity index (χ0) is 20.9. The van der Waals surface area contributed by atoms with Crippen LogP contribution in [0.5, 0.6) is 5.75 Å². The first kappa shape index (κ1) is 20.5. The lowest BCUT2D eigenvalue weighted by atomic mass is 10.0. The fourth-order valence-corrected chi connectivity index (χ4v) is 3.77. The molecule has 2 aromatic rings. The molecule has 2 fully saturated rings. The van der Waals surface area contributed by atoms with Crippen molar-refractivity contribution in [3.63, 3.8) is 0 Å². The van der Waals surface area contributed by atoms with E-state index in [4.69, 9.17) is 16.3 Å². The van der Waals surface area contributed by atoms with Gasteiger partial charge in [-0.05, 0) is 62.1 Å². The fourth-order valence-electron chi connectivity index (χ4n) is 3.65. The Kier molecular flexibility index (Phi) is 6.43. The number of ether oxygens (including phenoxy) is 1. The Balaban J connectivity index is 1.26. The Labute approximate surface area is 181 Å². The van der Waals surface area contributed by atoms with Crippen LogP contribution < -0.4 is 20.3 Å². The lowest BCUT2D eigenvalue weighted by Crippen LogP contribution is -2.46. The third-order valence-electron chi connectivity index (χ3n) is 5.45. The Hall–Kier alpha value is -2.73. The molecular weight excluding hydrogens is 402 g/mol. The highest BCUT2D eigenvalue weighted by Crippen LogP contribution is 2.26. The first-order valence-corrected chi connectivity index (χ1v) is 10.8. The van der Waals surface area contributed by atoms with Gasteiger partial charge in [0.1, 0.15) is 5.75 Å². The molecule has 1 saturated heterocycles. The number of nitrogens with one attached hydrogen (secondary N) is 2. The number of carbonyl (C=O) groups is 2.